The van der Waals surface area contributed by atoms with Crippen LogP contribution in [0.3, 0.4) is 0 Å². The highest BCUT2D eigenvalue weighted by atomic mass is 79.9. The van der Waals surface area contributed by atoms with Gasteiger partial charge in [0.15, 0.2) is 0 Å². The van der Waals surface area contributed by atoms with E-state index in [1.165, 1.54) is 0 Å². The lowest BCUT2D eigenvalue weighted by molar-refractivity contribution is 0.455. The second-order valence-electron chi connectivity index (χ2n) is 5.01. The summed E-state index contributed by atoms with van der Waals surface area (Å²) in [5.74, 6) is 2.24. The molecule has 0 fully saturated rings. The lowest BCUT2D eigenvalue weighted by Crippen LogP contribution is -2.00. The minimum absolute atomic E-state index is 0.239. The van der Waals surface area contributed by atoms with E-state index in [9.17, 15) is 0 Å². The molecule has 2 rings (SSSR count). The summed E-state index contributed by atoms with van der Waals surface area (Å²) in [6.07, 6.45) is 0. The van der Waals surface area contributed by atoms with Crippen LogP contribution in [-0.2, 0) is 0 Å². The van der Waals surface area contributed by atoms with E-state index in [4.69, 9.17) is 16.3 Å². The lowest BCUT2D eigenvalue weighted by atomic mass is 10.1. The Labute approximate surface area is 132 Å². The van der Waals surface area contributed by atoms with E-state index >= 15 is 0 Å². The highest BCUT2D eigenvalue weighted by Gasteiger charge is 2.10. The normalized spacial score (nSPS) is 10.9. The average molecular weight is 356 g/mol. The largest absolute Gasteiger partial charge is 0.439 e. The topological polar surface area (TPSA) is 35.0 Å². The molecule has 5 heteroatoms. The minimum Gasteiger partial charge on any atom is -0.439 e. The van der Waals surface area contributed by atoms with Gasteiger partial charge in [0.05, 0.1) is 0 Å². The van der Waals surface area contributed by atoms with Gasteiger partial charge in [0, 0.05) is 17.0 Å². The fraction of sp³-hybridized carbons (Fsp3) is 0.333. The van der Waals surface area contributed by atoms with Crippen molar-refractivity contribution in [2.75, 3.05) is 0 Å². The Kier molecular flexibility index (Phi) is 4.66. The fourth-order valence-electron chi connectivity index (χ4n) is 1.81. The van der Waals surface area contributed by atoms with Crippen molar-refractivity contribution in [3.63, 3.8) is 0 Å². The predicted octanol–water partition coefficient (Wildman–Crippen LogP) is 5.43. The molecule has 106 valence electrons. The zero-order chi connectivity index (χ0) is 14.9. The van der Waals surface area contributed by atoms with Crippen molar-refractivity contribution in [3.8, 4) is 11.6 Å². The molecule has 0 saturated heterocycles. The van der Waals surface area contributed by atoms with Crippen molar-refractivity contribution >= 4 is 27.5 Å². The molecule has 0 spiro atoms. The van der Waals surface area contributed by atoms with Gasteiger partial charge in [0.1, 0.15) is 16.2 Å². The number of rotatable bonds is 3. The van der Waals surface area contributed by atoms with Gasteiger partial charge in [-0.25, -0.2) is 4.98 Å². The molecule has 0 radical (unpaired) electrons. The molecule has 0 aliphatic carbocycles. The molecule has 0 atom stereocenters. The number of aryl methyl sites for hydroxylation is 2. The van der Waals surface area contributed by atoms with Crippen LogP contribution < -0.4 is 4.74 Å². The summed E-state index contributed by atoms with van der Waals surface area (Å²) < 4.78 is 6.54. The first-order valence-corrected chi connectivity index (χ1v) is 7.53. The summed E-state index contributed by atoms with van der Waals surface area (Å²) in [6.45, 7) is 8.00. The Hall–Kier alpha value is -1.13. The molecule has 3 nitrogen and oxygen atoms in total. The Morgan fingerprint density at radius 1 is 1.10 bits per heavy atom. The molecular weight excluding hydrogens is 340 g/mol. The van der Waals surface area contributed by atoms with Gasteiger partial charge in [-0.15, -0.1) is 0 Å². The summed E-state index contributed by atoms with van der Waals surface area (Å²) in [4.78, 5) is 8.74. The van der Waals surface area contributed by atoms with Crippen LogP contribution in [0.1, 0.15) is 36.7 Å². The number of benzene rings is 1. The van der Waals surface area contributed by atoms with Crippen molar-refractivity contribution in [1.29, 1.82) is 0 Å². The molecule has 0 unspecified atom stereocenters. The first-order valence-electron chi connectivity index (χ1n) is 6.36. The molecule has 0 aliphatic heterocycles. The van der Waals surface area contributed by atoms with E-state index in [1.807, 2.05) is 39.8 Å². The smallest absolute Gasteiger partial charge is 0.223 e. The number of halogens is 2. The van der Waals surface area contributed by atoms with Crippen molar-refractivity contribution < 1.29 is 4.74 Å². The summed E-state index contributed by atoms with van der Waals surface area (Å²) >= 11 is 9.54. The van der Waals surface area contributed by atoms with Gasteiger partial charge in [0.25, 0.3) is 0 Å². The molecule has 1 aromatic carbocycles. The monoisotopic (exact) mass is 354 g/mol. The molecule has 1 aromatic heterocycles. The Morgan fingerprint density at radius 3 is 2.25 bits per heavy atom. The number of ether oxygens (including phenoxy) is 1. The predicted molar refractivity (Wildman–Crippen MR) is 84.8 cm³/mol. The summed E-state index contributed by atoms with van der Waals surface area (Å²) in [7, 11) is 0. The van der Waals surface area contributed by atoms with E-state index in [2.05, 4.69) is 25.9 Å². The molecule has 0 bridgehead atoms. The second kappa shape index (κ2) is 6.10. The van der Waals surface area contributed by atoms with E-state index in [-0.39, 0.29) is 5.92 Å². The summed E-state index contributed by atoms with van der Waals surface area (Å²) in [6, 6.07) is 5.56. The van der Waals surface area contributed by atoms with E-state index in [0.29, 0.717) is 10.5 Å². The Balaban J connectivity index is 2.35. The van der Waals surface area contributed by atoms with Gasteiger partial charge in [-0.3, -0.25) is 0 Å². The third-order valence-electron chi connectivity index (χ3n) is 2.84. The van der Waals surface area contributed by atoms with Crippen molar-refractivity contribution in [2.24, 2.45) is 0 Å². The Morgan fingerprint density at radius 2 is 1.70 bits per heavy atom. The summed E-state index contributed by atoms with van der Waals surface area (Å²) in [5, 5.41) is 0.768. The van der Waals surface area contributed by atoms with Crippen LogP contribution in [0, 0.1) is 13.8 Å². The van der Waals surface area contributed by atoms with Gasteiger partial charge in [0.2, 0.25) is 5.88 Å². The highest BCUT2D eigenvalue weighted by molar-refractivity contribution is 9.10. The molecule has 0 aliphatic rings. The second-order valence-corrected chi connectivity index (χ2v) is 6.21. The number of hydrogen-bond acceptors (Lipinski definition) is 3. The van der Waals surface area contributed by atoms with E-state index < -0.39 is 0 Å². The van der Waals surface area contributed by atoms with E-state index in [0.717, 1.165) is 27.7 Å². The molecule has 0 saturated carbocycles. The quantitative estimate of drug-likeness (QED) is 0.689. The van der Waals surface area contributed by atoms with Crippen LogP contribution in [0.2, 0.25) is 5.02 Å². The molecular formula is C15H16BrClN2O. The van der Waals surface area contributed by atoms with Crippen LogP contribution >= 0.6 is 27.5 Å². The van der Waals surface area contributed by atoms with E-state index in [1.54, 1.807) is 6.07 Å². The third kappa shape index (κ3) is 3.49. The maximum atomic E-state index is 6.16. The SMILES string of the molecule is Cc1cc(Oc2cc(Br)nc(C(C)C)n2)cc(C)c1Cl. The molecule has 0 N–H and O–H groups in total. The molecule has 20 heavy (non-hydrogen) atoms. The van der Waals surface area contributed by atoms with Crippen LogP contribution in [0.5, 0.6) is 11.6 Å². The first kappa shape index (κ1) is 15.3. The Bertz CT molecular complexity index is 621. The van der Waals surface area contributed by atoms with Crippen LogP contribution in [-0.4, -0.2) is 9.97 Å². The standard InChI is InChI=1S/C15H16BrClN2O/c1-8(2)15-18-12(16)7-13(19-15)20-11-5-9(3)14(17)10(4)6-11/h5-8H,1-4H3. The van der Waals surface area contributed by atoms with Crippen LogP contribution in [0.25, 0.3) is 0 Å². The molecule has 1 heterocycles. The maximum absolute atomic E-state index is 6.16. The van der Waals surface area contributed by atoms with Crippen molar-refractivity contribution in [3.05, 3.63) is 44.8 Å². The number of hydrogen-bond donors (Lipinski definition) is 0. The van der Waals surface area contributed by atoms with Crippen LogP contribution in [0.4, 0.5) is 0 Å². The molecule has 2 aromatic rings. The number of aromatic nitrogens is 2. The van der Waals surface area contributed by atoms with Crippen molar-refractivity contribution in [2.45, 2.75) is 33.6 Å². The number of nitrogens with zero attached hydrogens (tertiary/aromatic N) is 2. The van der Waals surface area contributed by atoms with Gasteiger partial charge in [-0.05, 0) is 53.0 Å². The first-order chi connectivity index (χ1) is 9.36. The van der Waals surface area contributed by atoms with Crippen LogP contribution in [0.15, 0.2) is 22.8 Å². The zero-order valence-corrected chi connectivity index (χ0v) is 14.2. The minimum atomic E-state index is 0.239. The van der Waals surface area contributed by atoms with Gasteiger partial charge >= 0.3 is 0 Å². The summed E-state index contributed by atoms with van der Waals surface area (Å²) in [5.41, 5.74) is 1.97. The average Bonchev–Trinajstić information content (AvgIpc) is 2.35. The van der Waals surface area contributed by atoms with Gasteiger partial charge < -0.3 is 4.74 Å². The maximum Gasteiger partial charge on any atom is 0.223 e. The zero-order valence-electron chi connectivity index (χ0n) is 11.9. The fourth-order valence-corrected chi connectivity index (χ4v) is 2.30. The highest BCUT2D eigenvalue weighted by Crippen LogP contribution is 2.29. The van der Waals surface area contributed by atoms with Gasteiger partial charge in [-0.1, -0.05) is 25.4 Å². The van der Waals surface area contributed by atoms with Gasteiger partial charge in [-0.2, -0.15) is 4.98 Å². The molecule has 0 amide bonds. The third-order valence-corrected chi connectivity index (χ3v) is 3.84. The lowest BCUT2D eigenvalue weighted by Gasteiger charge is -2.11. The van der Waals surface area contributed by atoms with Crippen molar-refractivity contribution in [1.82, 2.24) is 9.97 Å².